The predicted molar refractivity (Wildman–Crippen MR) is 107 cm³/mol. The van der Waals surface area contributed by atoms with Crippen LogP contribution in [0.4, 0.5) is 26.3 Å². The van der Waals surface area contributed by atoms with Gasteiger partial charge in [0.25, 0.3) is 0 Å². The van der Waals surface area contributed by atoms with Gasteiger partial charge >= 0.3 is 12.4 Å². The van der Waals surface area contributed by atoms with E-state index in [4.69, 9.17) is 16.3 Å². The van der Waals surface area contributed by atoms with E-state index in [0.29, 0.717) is 31.5 Å². The van der Waals surface area contributed by atoms with E-state index in [0.717, 1.165) is 5.56 Å². The average molecular weight is 461 g/mol. The summed E-state index contributed by atoms with van der Waals surface area (Å²) in [5.41, 5.74) is 3.07. The Morgan fingerprint density at radius 1 is 1.03 bits per heavy atom. The first kappa shape index (κ1) is 24.5. The van der Waals surface area contributed by atoms with Gasteiger partial charge in [-0.05, 0) is 49.1 Å². The second-order valence-corrected chi connectivity index (χ2v) is 8.14. The van der Waals surface area contributed by atoms with Crippen molar-refractivity contribution in [1.82, 2.24) is 5.01 Å². The molecular formula is C22H25F6N3O. The molecule has 3 rings (SSSR count). The Kier molecular flexibility index (Phi) is 6.90. The Morgan fingerprint density at radius 3 is 2.09 bits per heavy atom. The van der Waals surface area contributed by atoms with E-state index >= 15 is 0 Å². The summed E-state index contributed by atoms with van der Waals surface area (Å²) in [4.78, 5) is 0. The van der Waals surface area contributed by atoms with Crippen LogP contribution in [0.1, 0.15) is 48.1 Å². The number of hydrazine groups is 1. The number of hydrogen-bond acceptors (Lipinski definition) is 4. The molecule has 2 aromatic rings. The van der Waals surface area contributed by atoms with Gasteiger partial charge in [0.05, 0.1) is 29.4 Å². The van der Waals surface area contributed by atoms with Crippen molar-refractivity contribution in [2.45, 2.75) is 49.8 Å². The van der Waals surface area contributed by atoms with Gasteiger partial charge in [0.15, 0.2) is 0 Å². The molecule has 0 amide bonds. The van der Waals surface area contributed by atoms with Crippen LogP contribution in [-0.2, 0) is 22.6 Å². The van der Waals surface area contributed by atoms with Crippen molar-refractivity contribution in [3.05, 3.63) is 70.8 Å². The van der Waals surface area contributed by atoms with Crippen LogP contribution in [0, 0.1) is 0 Å². The molecule has 1 saturated heterocycles. The van der Waals surface area contributed by atoms with E-state index in [-0.39, 0.29) is 24.3 Å². The summed E-state index contributed by atoms with van der Waals surface area (Å²) in [6.45, 7) is 1.76. The van der Waals surface area contributed by atoms with E-state index in [9.17, 15) is 26.3 Å². The maximum atomic E-state index is 13.2. The number of nitrogens with two attached hydrogens (primary N) is 2. The van der Waals surface area contributed by atoms with Crippen LogP contribution in [-0.4, -0.2) is 24.2 Å². The molecule has 0 radical (unpaired) electrons. The minimum Gasteiger partial charge on any atom is -0.371 e. The highest BCUT2D eigenvalue weighted by Gasteiger charge is 2.42. The van der Waals surface area contributed by atoms with Crippen molar-refractivity contribution >= 4 is 0 Å². The van der Waals surface area contributed by atoms with Crippen LogP contribution in [0.3, 0.4) is 0 Å². The standard InChI is InChI=1S/C22H25F6N3O/c1-14(15-9-17(21(23,24)25)11-18(10-15)22(26,27)28)32-13-20(16-5-3-2-4-6-16)8-7-19(29)12-31(20)30/h2-6,9-11,14,19H,7-8,12-13,29-30H2,1H3/t14-,19-,20-/m1/s1. The molecule has 0 saturated carbocycles. The minimum atomic E-state index is -4.92. The summed E-state index contributed by atoms with van der Waals surface area (Å²) >= 11 is 0. The molecule has 0 unspecified atom stereocenters. The molecule has 0 aliphatic carbocycles. The number of piperidine rings is 1. The normalized spacial score (nSPS) is 23.8. The number of benzene rings is 2. The molecule has 10 heteroatoms. The lowest BCUT2D eigenvalue weighted by atomic mass is 9.81. The van der Waals surface area contributed by atoms with Crippen molar-refractivity contribution in [3.63, 3.8) is 0 Å². The van der Waals surface area contributed by atoms with E-state index in [2.05, 4.69) is 0 Å². The molecule has 1 heterocycles. The molecule has 32 heavy (non-hydrogen) atoms. The van der Waals surface area contributed by atoms with Crippen LogP contribution in [0.15, 0.2) is 48.5 Å². The fourth-order valence-electron chi connectivity index (χ4n) is 3.96. The second kappa shape index (κ2) is 9.01. The summed E-state index contributed by atoms with van der Waals surface area (Å²) in [6, 6.07) is 10.5. The van der Waals surface area contributed by atoms with E-state index < -0.39 is 35.1 Å². The molecule has 0 bridgehead atoms. The van der Waals surface area contributed by atoms with Gasteiger partial charge in [-0.25, -0.2) is 5.01 Å². The maximum absolute atomic E-state index is 13.2. The van der Waals surface area contributed by atoms with Crippen LogP contribution < -0.4 is 11.6 Å². The highest BCUT2D eigenvalue weighted by Crippen LogP contribution is 2.40. The lowest BCUT2D eigenvalue weighted by Gasteiger charge is -2.47. The van der Waals surface area contributed by atoms with Gasteiger partial charge in [0.2, 0.25) is 0 Å². The molecule has 0 aromatic heterocycles. The quantitative estimate of drug-likeness (QED) is 0.486. The molecule has 1 aliphatic heterocycles. The summed E-state index contributed by atoms with van der Waals surface area (Å²) in [6.07, 6.45) is -9.72. The average Bonchev–Trinajstić information content (AvgIpc) is 2.72. The van der Waals surface area contributed by atoms with Gasteiger partial charge in [0, 0.05) is 12.6 Å². The van der Waals surface area contributed by atoms with Gasteiger partial charge in [-0.15, -0.1) is 0 Å². The molecule has 0 spiro atoms. The molecule has 3 atom stereocenters. The molecule has 4 nitrogen and oxygen atoms in total. The number of alkyl halides is 6. The number of hydrogen-bond donors (Lipinski definition) is 2. The number of ether oxygens (including phenoxy) is 1. The van der Waals surface area contributed by atoms with E-state index in [1.165, 1.54) is 6.92 Å². The third-order valence-electron chi connectivity index (χ3n) is 5.87. The molecule has 176 valence electrons. The highest BCUT2D eigenvalue weighted by molar-refractivity contribution is 5.35. The zero-order valence-corrected chi connectivity index (χ0v) is 17.4. The summed E-state index contributed by atoms with van der Waals surface area (Å²) in [5, 5.41) is 1.55. The smallest absolute Gasteiger partial charge is 0.371 e. The zero-order chi connectivity index (χ0) is 23.7. The van der Waals surface area contributed by atoms with Crippen molar-refractivity contribution in [2.24, 2.45) is 11.6 Å². The van der Waals surface area contributed by atoms with E-state index in [1.807, 2.05) is 30.3 Å². The Bertz CT molecular complexity index is 886. The first-order chi connectivity index (χ1) is 14.8. The summed E-state index contributed by atoms with van der Waals surface area (Å²) in [5.74, 6) is 6.30. The fraction of sp³-hybridized carbons (Fsp3) is 0.455. The van der Waals surface area contributed by atoms with Gasteiger partial charge in [-0.3, -0.25) is 5.84 Å². The molecule has 1 fully saturated rings. The van der Waals surface area contributed by atoms with Crippen LogP contribution in [0.5, 0.6) is 0 Å². The maximum Gasteiger partial charge on any atom is 0.416 e. The fourth-order valence-corrected chi connectivity index (χ4v) is 3.96. The van der Waals surface area contributed by atoms with Crippen LogP contribution >= 0.6 is 0 Å². The minimum absolute atomic E-state index is 0.0288. The van der Waals surface area contributed by atoms with Crippen molar-refractivity contribution in [3.8, 4) is 0 Å². The summed E-state index contributed by atoms with van der Waals surface area (Å²) in [7, 11) is 0. The highest BCUT2D eigenvalue weighted by atomic mass is 19.4. The lowest BCUT2D eigenvalue weighted by Crippen LogP contribution is -2.60. The van der Waals surface area contributed by atoms with Crippen molar-refractivity contribution in [1.29, 1.82) is 0 Å². The van der Waals surface area contributed by atoms with Gasteiger partial charge in [-0.1, -0.05) is 30.3 Å². The summed E-state index contributed by atoms with van der Waals surface area (Å²) < 4.78 is 85.1. The van der Waals surface area contributed by atoms with Crippen LogP contribution in [0.25, 0.3) is 0 Å². The van der Waals surface area contributed by atoms with E-state index in [1.54, 1.807) is 5.01 Å². The van der Waals surface area contributed by atoms with Gasteiger partial charge in [-0.2, -0.15) is 26.3 Å². The number of rotatable bonds is 5. The zero-order valence-electron chi connectivity index (χ0n) is 17.4. The SMILES string of the molecule is C[C@@H](OC[C@@]1(c2ccccc2)CC[C@@H](N)CN1N)c1cc(C(F)(F)F)cc(C(F)(F)F)c1. The first-order valence-corrected chi connectivity index (χ1v) is 10.1. The van der Waals surface area contributed by atoms with Crippen molar-refractivity contribution in [2.75, 3.05) is 13.2 Å². The predicted octanol–water partition coefficient (Wildman–Crippen LogP) is 4.99. The monoisotopic (exact) mass is 461 g/mol. The second-order valence-electron chi connectivity index (χ2n) is 8.14. The molecule has 1 aliphatic rings. The molecule has 4 N–H and O–H groups in total. The molecule has 2 aromatic carbocycles. The Balaban J connectivity index is 1.91. The third-order valence-corrected chi connectivity index (χ3v) is 5.87. The lowest BCUT2D eigenvalue weighted by molar-refractivity contribution is -0.143. The Hall–Kier alpha value is -2.14. The Morgan fingerprint density at radius 2 is 1.59 bits per heavy atom. The first-order valence-electron chi connectivity index (χ1n) is 10.1. The molecular weight excluding hydrogens is 436 g/mol. The largest absolute Gasteiger partial charge is 0.416 e. The van der Waals surface area contributed by atoms with Gasteiger partial charge < -0.3 is 10.5 Å². The number of nitrogens with zero attached hydrogens (tertiary/aromatic N) is 1. The van der Waals surface area contributed by atoms with Crippen molar-refractivity contribution < 1.29 is 31.1 Å². The van der Waals surface area contributed by atoms with Gasteiger partial charge in [0.1, 0.15) is 0 Å². The Labute approximate surface area is 182 Å². The third kappa shape index (κ3) is 5.25. The number of halogens is 6. The topological polar surface area (TPSA) is 64.5 Å². The van der Waals surface area contributed by atoms with Crippen LogP contribution in [0.2, 0.25) is 0 Å².